The summed E-state index contributed by atoms with van der Waals surface area (Å²) in [4.78, 5) is 11.6. The molecule has 1 N–H and O–H groups in total. The lowest BCUT2D eigenvalue weighted by Gasteiger charge is -2.30. The van der Waals surface area contributed by atoms with E-state index in [2.05, 4.69) is 9.46 Å². The number of methoxy groups -OCH3 is 1. The first kappa shape index (κ1) is 22.1. The lowest BCUT2D eigenvalue weighted by atomic mass is 10.1. The van der Waals surface area contributed by atoms with Gasteiger partial charge in [0.2, 0.25) is 10.0 Å². The fourth-order valence-electron chi connectivity index (χ4n) is 3.39. The van der Waals surface area contributed by atoms with Crippen molar-refractivity contribution in [2.75, 3.05) is 28.4 Å². The van der Waals surface area contributed by atoms with Crippen molar-refractivity contribution in [3.05, 3.63) is 53.1 Å². The zero-order chi connectivity index (χ0) is 22.1. The highest BCUT2D eigenvalue weighted by Gasteiger charge is 2.28. The lowest BCUT2D eigenvalue weighted by Crippen LogP contribution is -2.38. The first-order chi connectivity index (χ1) is 14.0. The molecule has 2 aromatic rings. The lowest BCUT2D eigenvalue weighted by molar-refractivity contribution is 0.0600. The zero-order valence-electron chi connectivity index (χ0n) is 17.0. The number of anilines is 2. The van der Waals surface area contributed by atoms with E-state index in [0.717, 1.165) is 6.42 Å². The van der Waals surface area contributed by atoms with Crippen molar-refractivity contribution < 1.29 is 26.4 Å². The minimum Gasteiger partial charge on any atom is -0.465 e. The summed E-state index contributed by atoms with van der Waals surface area (Å²) in [6.45, 7) is 3.72. The van der Waals surface area contributed by atoms with Crippen LogP contribution >= 0.6 is 0 Å². The van der Waals surface area contributed by atoms with Crippen LogP contribution in [0.15, 0.2) is 41.3 Å². The maximum Gasteiger partial charge on any atom is 0.337 e. The summed E-state index contributed by atoms with van der Waals surface area (Å²) >= 11 is 0. The van der Waals surface area contributed by atoms with Crippen molar-refractivity contribution in [1.82, 2.24) is 0 Å². The average molecular weight is 453 g/mol. The van der Waals surface area contributed by atoms with Gasteiger partial charge >= 0.3 is 5.97 Å². The van der Waals surface area contributed by atoms with Crippen LogP contribution in [0.1, 0.15) is 34.3 Å². The van der Waals surface area contributed by atoms with Gasteiger partial charge in [-0.05, 0) is 74.2 Å². The third-order valence-corrected chi connectivity index (χ3v) is 8.34. The first-order valence-corrected chi connectivity index (χ1v) is 12.5. The van der Waals surface area contributed by atoms with Crippen molar-refractivity contribution in [2.24, 2.45) is 0 Å². The van der Waals surface area contributed by atoms with Gasteiger partial charge in [0.1, 0.15) is 0 Å². The zero-order valence-corrected chi connectivity index (χ0v) is 18.6. The summed E-state index contributed by atoms with van der Waals surface area (Å²) in [5.41, 5.74) is 2.11. The van der Waals surface area contributed by atoms with Crippen LogP contribution in [0.3, 0.4) is 0 Å². The van der Waals surface area contributed by atoms with E-state index in [4.69, 9.17) is 0 Å². The van der Waals surface area contributed by atoms with E-state index >= 15 is 0 Å². The van der Waals surface area contributed by atoms with E-state index in [1.165, 1.54) is 41.7 Å². The Morgan fingerprint density at radius 3 is 2.33 bits per heavy atom. The van der Waals surface area contributed by atoms with Crippen LogP contribution in [0.25, 0.3) is 0 Å². The number of carbonyl (C=O) groups excluding carboxylic acids is 1. The molecule has 0 spiro atoms. The molecule has 0 bridgehead atoms. The van der Waals surface area contributed by atoms with Gasteiger partial charge in [0, 0.05) is 12.2 Å². The van der Waals surface area contributed by atoms with E-state index in [9.17, 15) is 21.6 Å². The largest absolute Gasteiger partial charge is 0.465 e. The SMILES string of the molecule is COC(=O)c1ccc(NS(=O)(=O)c2cc(C)c(N3CCCCS3(=O)=O)cc2C)cc1. The van der Waals surface area contributed by atoms with Crippen LogP contribution in [-0.4, -0.2) is 42.2 Å². The molecule has 1 aliphatic heterocycles. The molecule has 1 saturated heterocycles. The molecule has 0 atom stereocenters. The van der Waals surface area contributed by atoms with Gasteiger partial charge in [0.05, 0.1) is 29.0 Å². The van der Waals surface area contributed by atoms with E-state index in [1.807, 2.05) is 0 Å². The van der Waals surface area contributed by atoms with Crippen molar-refractivity contribution in [1.29, 1.82) is 0 Å². The standard InChI is InChI=1S/C20H24N2O6S2/c1-14-13-19(15(2)12-18(14)22-10-4-5-11-29(22,24)25)30(26,27)21-17-8-6-16(7-9-17)20(23)28-3/h6-9,12-13,21H,4-5,10-11H2,1-3H3. The minimum absolute atomic E-state index is 0.0650. The summed E-state index contributed by atoms with van der Waals surface area (Å²) in [5, 5.41) is 0. The Labute approximate surface area is 177 Å². The highest BCUT2D eigenvalue weighted by Crippen LogP contribution is 2.31. The van der Waals surface area contributed by atoms with Crippen molar-refractivity contribution in [3.8, 4) is 0 Å². The summed E-state index contributed by atoms with van der Waals surface area (Å²) in [6, 6.07) is 8.96. The van der Waals surface area contributed by atoms with Crippen LogP contribution in [0.4, 0.5) is 11.4 Å². The number of nitrogens with one attached hydrogen (secondary N) is 1. The van der Waals surface area contributed by atoms with Crippen molar-refractivity contribution >= 4 is 37.4 Å². The Kier molecular flexibility index (Phi) is 6.09. The molecule has 1 aliphatic rings. The van der Waals surface area contributed by atoms with Crippen LogP contribution in [0.5, 0.6) is 0 Å². The molecule has 3 rings (SSSR count). The average Bonchev–Trinajstić information content (AvgIpc) is 2.69. The summed E-state index contributed by atoms with van der Waals surface area (Å²) < 4.78 is 59.2. The Hall–Kier alpha value is -2.59. The number of rotatable bonds is 5. The highest BCUT2D eigenvalue weighted by molar-refractivity contribution is 7.93. The summed E-state index contributed by atoms with van der Waals surface area (Å²) in [6.07, 6.45) is 1.39. The molecular weight excluding hydrogens is 428 g/mol. The van der Waals surface area contributed by atoms with Gasteiger partial charge in [-0.2, -0.15) is 0 Å². The number of esters is 1. The summed E-state index contributed by atoms with van der Waals surface area (Å²) in [7, 11) is -6.04. The maximum atomic E-state index is 12.9. The number of ether oxygens (including phenoxy) is 1. The third-order valence-electron chi connectivity index (χ3n) is 4.96. The molecule has 0 saturated carbocycles. The molecule has 0 unspecified atom stereocenters. The molecule has 162 valence electrons. The fourth-order valence-corrected chi connectivity index (χ4v) is 6.46. The van der Waals surface area contributed by atoms with Crippen LogP contribution in [0, 0.1) is 13.8 Å². The Bertz CT molecular complexity index is 1170. The quantitative estimate of drug-likeness (QED) is 0.699. The number of sulfonamides is 2. The third kappa shape index (κ3) is 4.44. The monoisotopic (exact) mass is 452 g/mol. The molecule has 8 nitrogen and oxygen atoms in total. The molecule has 2 aromatic carbocycles. The van der Waals surface area contributed by atoms with Gasteiger partial charge in [0.25, 0.3) is 10.0 Å². The molecule has 1 heterocycles. The molecule has 1 fully saturated rings. The molecule has 10 heteroatoms. The number of nitrogens with zero attached hydrogens (tertiary/aromatic N) is 1. The molecule has 0 radical (unpaired) electrons. The molecular formula is C20H24N2O6S2. The van der Waals surface area contributed by atoms with Gasteiger partial charge in [-0.3, -0.25) is 9.03 Å². The van der Waals surface area contributed by atoms with Crippen LogP contribution < -0.4 is 9.03 Å². The van der Waals surface area contributed by atoms with Gasteiger partial charge < -0.3 is 4.74 Å². The van der Waals surface area contributed by atoms with Crippen molar-refractivity contribution in [3.63, 3.8) is 0 Å². The number of carbonyl (C=O) groups is 1. The fraction of sp³-hybridized carbons (Fsp3) is 0.350. The molecule has 0 aromatic heterocycles. The second kappa shape index (κ2) is 8.27. The van der Waals surface area contributed by atoms with Gasteiger partial charge in [-0.25, -0.2) is 21.6 Å². The van der Waals surface area contributed by atoms with E-state index in [-0.39, 0.29) is 10.6 Å². The molecule has 30 heavy (non-hydrogen) atoms. The predicted molar refractivity (Wildman–Crippen MR) is 115 cm³/mol. The van der Waals surface area contributed by atoms with E-state index < -0.39 is 26.0 Å². The molecule has 0 aliphatic carbocycles. The number of aryl methyl sites for hydroxylation is 2. The van der Waals surface area contributed by atoms with Crippen molar-refractivity contribution in [2.45, 2.75) is 31.6 Å². The number of benzene rings is 2. The number of hydrogen-bond acceptors (Lipinski definition) is 6. The van der Waals surface area contributed by atoms with Crippen LogP contribution in [0.2, 0.25) is 0 Å². The Morgan fingerprint density at radius 1 is 1.07 bits per heavy atom. The maximum absolute atomic E-state index is 12.9. The Morgan fingerprint density at radius 2 is 1.73 bits per heavy atom. The van der Waals surface area contributed by atoms with Crippen LogP contribution in [-0.2, 0) is 24.8 Å². The van der Waals surface area contributed by atoms with Gasteiger partial charge in [0.15, 0.2) is 0 Å². The normalized spacial score (nSPS) is 16.2. The van der Waals surface area contributed by atoms with E-state index in [1.54, 1.807) is 19.9 Å². The number of hydrogen-bond donors (Lipinski definition) is 1. The van der Waals surface area contributed by atoms with Gasteiger partial charge in [-0.1, -0.05) is 0 Å². The second-order valence-electron chi connectivity index (χ2n) is 7.17. The first-order valence-electron chi connectivity index (χ1n) is 9.38. The second-order valence-corrected chi connectivity index (χ2v) is 10.8. The van der Waals surface area contributed by atoms with E-state index in [0.29, 0.717) is 41.0 Å². The Balaban J connectivity index is 1.91. The smallest absolute Gasteiger partial charge is 0.337 e. The van der Waals surface area contributed by atoms with Gasteiger partial charge in [-0.15, -0.1) is 0 Å². The molecule has 0 amide bonds. The highest BCUT2D eigenvalue weighted by atomic mass is 32.2. The topological polar surface area (TPSA) is 110 Å². The minimum atomic E-state index is -3.92. The summed E-state index contributed by atoms with van der Waals surface area (Å²) in [5.74, 6) is -0.423. The predicted octanol–water partition coefficient (Wildman–Crippen LogP) is 2.82.